The van der Waals surface area contributed by atoms with E-state index in [-0.39, 0.29) is 11.8 Å². The van der Waals surface area contributed by atoms with E-state index < -0.39 is 0 Å². The second-order valence-electron chi connectivity index (χ2n) is 5.96. The summed E-state index contributed by atoms with van der Waals surface area (Å²) >= 11 is 0. The molecular formula is C19H26N4O2. The molecule has 1 heterocycles. The van der Waals surface area contributed by atoms with Crippen LogP contribution in [-0.4, -0.2) is 45.9 Å². The monoisotopic (exact) mass is 342 g/mol. The lowest BCUT2D eigenvalue weighted by atomic mass is 10.1. The predicted octanol–water partition coefficient (Wildman–Crippen LogP) is 2.26. The van der Waals surface area contributed by atoms with Gasteiger partial charge in [0.2, 0.25) is 0 Å². The molecule has 1 N–H and O–H groups in total. The zero-order valence-electron chi connectivity index (χ0n) is 15.2. The van der Waals surface area contributed by atoms with E-state index in [0.717, 1.165) is 25.1 Å². The van der Waals surface area contributed by atoms with Crippen molar-refractivity contribution in [3.8, 4) is 0 Å². The van der Waals surface area contributed by atoms with E-state index in [1.807, 2.05) is 23.4 Å². The van der Waals surface area contributed by atoms with Crippen LogP contribution >= 0.6 is 0 Å². The largest absolute Gasteiger partial charge is 0.352 e. The fraction of sp³-hybridized carbons (Fsp3) is 0.421. The molecule has 1 aromatic carbocycles. The van der Waals surface area contributed by atoms with Gasteiger partial charge in [0.05, 0.1) is 6.33 Å². The molecule has 2 rings (SSSR count). The van der Waals surface area contributed by atoms with Gasteiger partial charge in [0, 0.05) is 56.1 Å². The van der Waals surface area contributed by atoms with Gasteiger partial charge in [-0.15, -0.1) is 0 Å². The number of aryl methyl sites for hydroxylation is 1. The fourth-order valence-electron chi connectivity index (χ4n) is 2.65. The Balaban J connectivity index is 1.91. The quantitative estimate of drug-likeness (QED) is 0.800. The van der Waals surface area contributed by atoms with Crippen molar-refractivity contribution in [2.45, 2.75) is 26.7 Å². The van der Waals surface area contributed by atoms with Crippen molar-refractivity contribution in [2.24, 2.45) is 7.05 Å². The van der Waals surface area contributed by atoms with Crippen molar-refractivity contribution in [2.75, 3.05) is 19.6 Å². The van der Waals surface area contributed by atoms with Crippen LogP contribution in [0.5, 0.6) is 0 Å². The third-order valence-corrected chi connectivity index (χ3v) is 4.14. The molecular weight excluding hydrogens is 316 g/mol. The molecule has 0 radical (unpaired) electrons. The van der Waals surface area contributed by atoms with Crippen LogP contribution in [-0.2, 0) is 13.5 Å². The van der Waals surface area contributed by atoms with E-state index in [1.165, 1.54) is 0 Å². The highest BCUT2D eigenvalue weighted by Crippen LogP contribution is 2.09. The van der Waals surface area contributed by atoms with Crippen molar-refractivity contribution >= 4 is 11.8 Å². The van der Waals surface area contributed by atoms with E-state index in [1.54, 1.807) is 36.8 Å². The Morgan fingerprint density at radius 1 is 1.16 bits per heavy atom. The lowest BCUT2D eigenvalue weighted by Gasteiger charge is -2.20. The van der Waals surface area contributed by atoms with Crippen LogP contribution in [0, 0.1) is 0 Å². The highest BCUT2D eigenvalue weighted by Gasteiger charge is 2.14. The van der Waals surface area contributed by atoms with E-state index in [0.29, 0.717) is 24.2 Å². The van der Waals surface area contributed by atoms with Gasteiger partial charge in [-0.2, -0.15) is 0 Å². The Labute approximate surface area is 148 Å². The molecule has 0 spiro atoms. The molecule has 25 heavy (non-hydrogen) atoms. The smallest absolute Gasteiger partial charge is 0.253 e. The van der Waals surface area contributed by atoms with Gasteiger partial charge in [0.25, 0.3) is 11.8 Å². The topological polar surface area (TPSA) is 67.2 Å². The average molecular weight is 342 g/mol. The van der Waals surface area contributed by atoms with Gasteiger partial charge < -0.3 is 14.8 Å². The first-order chi connectivity index (χ1) is 12.1. The fourth-order valence-corrected chi connectivity index (χ4v) is 2.65. The molecule has 0 saturated carbocycles. The van der Waals surface area contributed by atoms with Gasteiger partial charge in [-0.05, 0) is 37.6 Å². The van der Waals surface area contributed by atoms with Gasteiger partial charge in [-0.25, -0.2) is 4.98 Å². The summed E-state index contributed by atoms with van der Waals surface area (Å²) in [5, 5.41) is 2.89. The number of hydrogen-bond donors (Lipinski definition) is 1. The van der Waals surface area contributed by atoms with Crippen LogP contribution < -0.4 is 5.32 Å². The molecule has 0 aliphatic carbocycles. The van der Waals surface area contributed by atoms with Crippen LogP contribution in [0.2, 0.25) is 0 Å². The number of carbonyl (C=O) groups is 2. The van der Waals surface area contributed by atoms with E-state index in [9.17, 15) is 9.59 Å². The molecule has 0 atom stereocenters. The summed E-state index contributed by atoms with van der Waals surface area (Å²) in [4.78, 5) is 30.5. The normalized spacial score (nSPS) is 10.5. The van der Waals surface area contributed by atoms with Gasteiger partial charge in [0.1, 0.15) is 0 Å². The molecule has 0 saturated heterocycles. The van der Waals surface area contributed by atoms with Gasteiger partial charge in [-0.3, -0.25) is 9.59 Å². The second kappa shape index (κ2) is 9.01. The molecule has 2 amide bonds. The van der Waals surface area contributed by atoms with Crippen LogP contribution in [0.4, 0.5) is 0 Å². The number of imidazole rings is 1. The minimum atomic E-state index is -0.137. The SMILES string of the molecule is CCCN(CC)C(=O)c1ccc(C(=O)NCCc2cncn2C)cc1. The van der Waals surface area contributed by atoms with E-state index in [2.05, 4.69) is 17.2 Å². The number of rotatable bonds is 8. The first-order valence-corrected chi connectivity index (χ1v) is 8.69. The molecule has 0 fully saturated rings. The van der Waals surface area contributed by atoms with Crippen molar-refractivity contribution in [1.82, 2.24) is 19.8 Å². The molecule has 0 aliphatic rings. The van der Waals surface area contributed by atoms with Crippen molar-refractivity contribution in [3.63, 3.8) is 0 Å². The van der Waals surface area contributed by atoms with E-state index >= 15 is 0 Å². The lowest BCUT2D eigenvalue weighted by molar-refractivity contribution is 0.0763. The number of amides is 2. The van der Waals surface area contributed by atoms with Gasteiger partial charge >= 0.3 is 0 Å². The maximum absolute atomic E-state index is 12.4. The summed E-state index contributed by atoms with van der Waals surface area (Å²) < 4.78 is 1.93. The summed E-state index contributed by atoms with van der Waals surface area (Å²) in [5.41, 5.74) is 2.23. The summed E-state index contributed by atoms with van der Waals surface area (Å²) in [6, 6.07) is 6.84. The Kier molecular flexibility index (Phi) is 6.74. The molecule has 0 unspecified atom stereocenters. The Morgan fingerprint density at radius 2 is 1.84 bits per heavy atom. The van der Waals surface area contributed by atoms with Gasteiger partial charge in [-0.1, -0.05) is 6.92 Å². The van der Waals surface area contributed by atoms with Crippen molar-refractivity contribution in [3.05, 3.63) is 53.6 Å². The second-order valence-corrected chi connectivity index (χ2v) is 5.96. The third-order valence-electron chi connectivity index (χ3n) is 4.14. The highest BCUT2D eigenvalue weighted by atomic mass is 16.2. The molecule has 0 bridgehead atoms. The highest BCUT2D eigenvalue weighted by molar-refractivity contribution is 5.97. The standard InChI is InChI=1S/C19H26N4O2/c1-4-12-23(5-2)19(25)16-8-6-15(7-9-16)18(24)21-11-10-17-13-20-14-22(17)3/h6-9,13-14H,4-5,10-12H2,1-3H3,(H,21,24). The van der Waals surface area contributed by atoms with Crippen LogP contribution in [0.3, 0.4) is 0 Å². The minimum absolute atomic E-state index is 0.00696. The summed E-state index contributed by atoms with van der Waals surface area (Å²) in [6.07, 6.45) is 5.19. The number of hydrogen-bond acceptors (Lipinski definition) is 3. The lowest BCUT2D eigenvalue weighted by Crippen LogP contribution is -2.31. The van der Waals surface area contributed by atoms with E-state index in [4.69, 9.17) is 0 Å². The first-order valence-electron chi connectivity index (χ1n) is 8.69. The van der Waals surface area contributed by atoms with Crippen molar-refractivity contribution < 1.29 is 9.59 Å². The maximum Gasteiger partial charge on any atom is 0.253 e. The summed E-state index contributed by atoms with van der Waals surface area (Å²) in [7, 11) is 1.93. The maximum atomic E-state index is 12.4. The Morgan fingerprint density at radius 3 is 2.40 bits per heavy atom. The molecule has 2 aromatic rings. The number of nitrogens with zero attached hydrogens (tertiary/aromatic N) is 3. The average Bonchev–Trinajstić information content (AvgIpc) is 3.04. The van der Waals surface area contributed by atoms with Gasteiger partial charge in [0.15, 0.2) is 0 Å². The zero-order valence-corrected chi connectivity index (χ0v) is 15.2. The minimum Gasteiger partial charge on any atom is -0.352 e. The molecule has 6 nitrogen and oxygen atoms in total. The number of nitrogens with one attached hydrogen (secondary N) is 1. The third kappa shape index (κ3) is 4.92. The molecule has 134 valence electrons. The van der Waals surface area contributed by atoms with Crippen LogP contribution in [0.25, 0.3) is 0 Å². The molecule has 1 aromatic heterocycles. The molecule has 6 heteroatoms. The van der Waals surface area contributed by atoms with Crippen LogP contribution in [0.15, 0.2) is 36.8 Å². The van der Waals surface area contributed by atoms with Crippen LogP contribution in [0.1, 0.15) is 46.7 Å². The Hall–Kier alpha value is -2.63. The first kappa shape index (κ1) is 18.7. The number of benzene rings is 1. The summed E-state index contributed by atoms with van der Waals surface area (Å²) in [5.74, 6) is -0.130. The molecule has 0 aliphatic heterocycles. The summed E-state index contributed by atoms with van der Waals surface area (Å²) in [6.45, 7) is 5.99. The van der Waals surface area contributed by atoms with Crippen molar-refractivity contribution in [1.29, 1.82) is 0 Å². The Bertz CT molecular complexity index is 706. The number of carbonyl (C=O) groups excluding carboxylic acids is 2. The number of aromatic nitrogens is 2. The predicted molar refractivity (Wildman–Crippen MR) is 97.6 cm³/mol. The zero-order chi connectivity index (χ0) is 18.2.